The Balaban J connectivity index is 2.10. The second-order valence-electron chi connectivity index (χ2n) is 3.54. The van der Waals surface area contributed by atoms with Crippen molar-refractivity contribution in [1.82, 2.24) is 10.2 Å². The van der Waals surface area contributed by atoms with Crippen molar-refractivity contribution < 1.29 is 13.2 Å². The van der Waals surface area contributed by atoms with E-state index in [1.807, 2.05) is 6.92 Å². The van der Waals surface area contributed by atoms with Gasteiger partial charge in [0.05, 0.1) is 6.54 Å². The predicted molar refractivity (Wildman–Crippen MR) is 65.1 cm³/mol. The molecule has 0 amide bonds. The van der Waals surface area contributed by atoms with E-state index in [2.05, 4.69) is 31.4 Å². The van der Waals surface area contributed by atoms with E-state index in [-0.39, 0.29) is 18.1 Å². The molecule has 2 rings (SSSR count). The summed E-state index contributed by atoms with van der Waals surface area (Å²) in [6, 6.07) is 2.35. The van der Waals surface area contributed by atoms with Crippen LogP contribution in [0.3, 0.4) is 0 Å². The van der Waals surface area contributed by atoms with Crippen molar-refractivity contribution >= 4 is 21.6 Å². The Hall–Kier alpha value is -1.50. The largest absolute Gasteiger partial charge is 0.423 e. The number of aromatic nitrogens is 2. The molecule has 0 aliphatic carbocycles. The van der Waals surface area contributed by atoms with E-state index in [1.165, 1.54) is 12.1 Å². The molecule has 1 heterocycles. The van der Waals surface area contributed by atoms with Crippen molar-refractivity contribution in [1.29, 1.82) is 0 Å². The Kier molecular flexibility index (Phi) is 3.90. The van der Waals surface area contributed by atoms with Gasteiger partial charge in [-0.2, -0.15) is 0 Å². The van der Waals surface area contributed by atoms with Crippen molar-refractivity contribution in [3.8, 4) is 0 Å². The van der Waals surface area contributed by atoms with Crippen LogP contribution in [0.2, 0.25) is 0 Å². The lowest BCUT2D eigenvalue weighted by Crippen LogP contribution is -2.04. The molecule has 7 heteroatoms. The van der Waals surface area contributed by atoms with Gasteiger partial charge in [0.1, 0.15) is 17.3 Å². The minimum Gasteiger partial charge on any atom is -0.423 e. The minimum absolute atomic E-state index is 0.0719. The highest BCUT2D eigenvalue weighted by Gasteiger charge is 2.11. The summed E-state index contributed by atoms with van der Waals surface area (Å²) in [6.07, 6.45) is 0.619. The Bertz CT molecular complexity index is 536. The molecule has 0 saturated carbocycles. The lowest BCUT2D eigenvalue weighted by Gasteiger charge is -2.06. The minimum atomic E-state index is -0.683. The first-order valence-corrected chi connectivity index (χ1v) is 6.09. The van der Waals surface area contributed by atoms with Gasteiger partial charge in [-0.25, -0.2) is 8.78 Å². The maximum absolute atomic E-state index is 13.5. The smallest absolute Gasteiger partial charge is 0.235 e. The quantitative estimate of drug-likeness (QED) is 0.940. The molecule has 0 saturated heterocycles. The van der Waals surface area contributed by atoms with Crippen LogP contribution >= 0.6 is 15.9 Å². The summed E-state index contributed by atoms with van der Waals surface area (Å²) in [7, 11) is 0. The molecule has 0 fully saturated rings. The number of nitrogens with zero attached hydrogens (tertiary/aromatic N) is 2. The average molecular weight is 318 g/mol. The molecule has 0 atom stereocenters. The zero-order valence-corrected chi connectivity index (χ0v) is 11.1. The highest BCUT2D eigenvalue weighted by Crippen LogP contribution is 2.24. The number of anilines is 1. The fraction of sp³-hybridized carbons (Fsp3) is 0.273. The molecule has 1 aromatic heterocycles. The third kappa shape index (κ3) is 2.84. The van der Waals surface area contributed by atoms with E-state index < -0.39 is 11.6 Å². The molecular formula is C11H10BrF2N3O. The summed E-state index contributed by atoms with van der Waals surface area (Å²) in [6.45, 7) is 1.95. The zero-order valence-electron chi connectivity index (χ0n) is 9.51. The third-order valence-corrected chi connectivity index (χ3v) is 2.69. The second-order valence-corrected chi connectivity index (χ2v) is 4.46. The Morgan fingerprint density at radius 1 is 1.22 bits per heavy atom. The Morgan fingerprint density at radius 2 is 1.83 bits per heavy atom. The summed E-state index contributed by atoms with van der Waals surface area (Å²) in [5.41, 5.74) is -0.213. The molecule has 0 aliphatic heterocycles. The summed E-state index contributed by atoms with van der Waals surface area (Å²) in [5, 5.41) is 10.1. The SMILES string of the molecule is CCc1nnc(CNc2c(F)cc(Br)cc2F)o1. The first-order valence-electron chi connectivity index (χ1n) is 5.29. The van der Waals surface area contributed by atoms with Crippen LogP contribution in [0.25, 0.3) is 0 Å². The van der Waals surface area contributed by atoms with Crippen LogP contribution in [0, 0.1) is 11.6 Å². The lowest BCUT2D eigenvalue weighted by atomic mass is 10.3. The molecule has 0 bridgehead atoms. The molecule has 0 aliphatic rings. The first kappa shape index (κ1) is 12.9. The maximum atomic E-state index is 13.5. The van der Waals surface area contributed by atoms with Crippen LogP contribution in [-0.2, 0) is 13.0 Å². The molecule has 2 aromatic rings. The summed E-state index contributed by atoms with van der Waals surface area (Å²) < 4.78 is 32.5. The average Bonchev–Trinajstić information content (AvgIpc) is 2.75. The Morgan fingerprint density at radius 3 is 2.39 bits per heavy atom. The van der Waals surface area contributed by atoms with E-state index in [0.29, 0.717) is 16.8 Å². The van der Waals surface area contributed by atoms with Gasteiger partial charge in [0.15, 0.2) is 0 Å². The molecule has 0 unspecified atom stereocenters. The van der Waals surface area contributed by atoms with Crippen LogP contribution in [0.1, 0.15) is 18.7 Å². The number of aryl methyl sites for hydroxylation is 1. The highest BCUT2D eigenvalue weighted by molar-refractivity contribution is 9.10. The monoisotopic (exact) mass is 317 g/mol. The van der Waals surface area contributed by atoms with Crippen LogP contribution < -0.4 is 5.32 Å². The molecule has 96 valence electrons. The number of nitrogens with one attached hydrogen (secondary N) is 1. The van der Waals surface area contributed by atoms with Crippen molar-refractivity contribution in [2.45, 2.75) is 19.9 Å². The number of benzene rings is 1. The van der Waals surface area contributed by atoms with Crippen molar-refractivity contribution in [3.63, 3.8) is 0 Å². The molecule has 18 heavy (non-hydrogen) atoms. The van der Waals surface area contributed by atoms with Crippen LogP contribution in [0.4, 0.5) is 14.5 Å². The van der Waals surface area contributed by atoms with Gasteiger partial charge in [-0.05, 0) is 12.1 Å². The first-order chi connectivity index (χ1) is 8.60. The van der Waals surface area contributed by atoms with Gasteiger partial charge in [0, 0.05) is 10.9 Å². The summed E-state index contributed by atoms with van der Waals surface area (Å²) in [5.74, 6) is -0.591. The predicted octanol–water partition coefficient (Wildman–Crippen LogP) is 3.28. The molecule has 0 radical (unpaired) electrons. The number of rotatable bonds is 4. The topological polar surface area (TPSA) is 51.0 Å². The zero-order chi connectivity index (χ0) is 13.1. The van der Waals surface area contributed by atoms with E-state index in [9.17, 15) is 8.78 Å². The second kappa shape index (κ2) is 5.43. The van der Waals surface area contributed by atoms with Crippen molar-refractivity contribution in [2.75, 3.05) is 5.32 Å². The van der Waals surface area contributed by atoms with Crippen molar-refractivity contribution in [3.05, 3.63) is 40.0 Å². The fourth-order valence-corrected chi connectivity index (χ4v) is 1.78. The normalized spacial score (nSPS) is 10.7. The molecule has 1 aromatic carbocycles. The summed E-state index contributed by atoms with van der Waals surface area (Å²) >= 11 is 3.01. The van der Waals surface area contributed by atoms with Gasteiger partial charge >= 0.3 is 0 Å². The van der Waals surface area contributed by atoms with Crippen molar-refractivity contribution in [2.24, 2.45) is 0 Å². The van der Waals surface area contributed by atoms with Crippen LogP contribution in [0.15, 0.2) is 21.0 Å². The van der Waals surface area contributed by atoms with Crippen LogP contribution in [0.5, 0.6) is 0 Å². The van der Waals surface area contributed by atoms with Gasteiger partial charge in [-0.15, -0.1) is 10.2 Å². The maximum Gasteiger partial charge on any atom is 0.235 e. The van der Waals surface area contributed by atoms with Gasteiger partial charge in [-0.1, -0.05) is 22.9 Å². The molecule has 0 spiro atoms. The van der Waals surface area contributed by atoms with E-state index in [0.717, 1.165) is 0 Å². The van der Waals surface area contributed by atoms with Gasteiger partial charge < -0.3 is 9.73 Å². The highest BCUT2D eigenvalue weighted by atomic mass is 79.9. The molecule has 4 nitrogen and oxygen atoms in total. The van der Waals surface area contributed by atoms with Gasteiger partial charge in [0.2, 0.25) is 11.8 Å². The third-order valence-electron chi connectivity index (χ3n) is 2.23. The number of hydrogen-bond acceptors (Lipinski definition) is 4. The van der Waals surface area contributed by atoms with E-state index in [1.54, 1.807) is 0 Å². The molecule has 1 N–H and O–H groups in total. The van der Waals surface area contributed by atoms with E-state index >= 15 is 0 Å². The van der Waals surface area contributed by atoms with Gasteiger partial charge in [-0.3, -0.25) is 0 Å². The number of hydrogen-bond donors (Lipinski definition) is 1. The fourth-order valence-electron chi connectivity index (χ4n) is 1.38. The molecular weight excluding hydrogens is 308 g/mol. The standard InChI is InChI=1S/C11H10BrF2N3O/c1-2-9-16-17-10(18-9)5-15-11-7(13)3-6(12)4-8(11)14/h3-4,15H,2,5H2,1H3. The van der Waals surface area contributed by atoms with Gasteiger partial charge in [0.25, 0.3) is 0 Å². The van der Waals surface area contributed by atoms with Crippen LogP contribution in [-0.4, -0.2) is 10.2 Å². The number of halogens is 3. The van der Waals surface area contributed by atoms with E-state index in [4.69, 9.17) is 4.42 Å². The Labute approximate surface area is 111 Å². The lowest BCUT2D eigenvalue weighted by molar-refractivity contribution is 0.459. The summed E-state index contributed by atoms with van der Waals surface area (Å²) in [4.78, 5) is 0.